The highest BCUT2D eigenvalue weighted by Crippen LogP contribution is 2.33. The molecule has 2 N–H and O–H groups in total. The van der Waals surface area contributed by atoms with Gasteiger partial charge in [-0.1, -0.05) is 11.6 Å². The number of nitro benzene ring substituents is 1. The number of sulfonamides is 1. The molecular formula is C21H17ClN4O6S. The average Bonchev–Trinajstić information content (AvgIpc) is 3.26. The number of anilines is 2. The fraction of sp³-hybridized carbons (Fsp3) is 0.0952. The summed E-state index contributed by atoms with van der Waals surface area (Å²) in [7, 11) is -4.07. The second-order valence-electron chi connectivity index (χ2n) is 6.93. The van der Waals surface area contributed by atoms with Gasteiger partial charge in [0.05, 0.1) is 15.5 Å². The highest BCUT2D eigenvalue weighted by atomic mass is 35.5. The smallest absolute Gasteiger partial charge is 0.295 e. The average molecular weight is 489 g/mol. The second kappa shape index (κ2) is 8.96. The Kier molecular flexibility index (Phi) is 6.07. The first kappa shape index (κ1) is 22.4. The molecule has 0 saturated carbocycles. The van der Waals surface area contributed by atoms with Crippen LogP contribution >= 0.6 is 11.6 Å². The topological polar surface area (TPSA) is 132 Å². The van der Waals surface area contributed by atoms with Crippen molar-refractivity contribution < 1.29 is 22.8 Å². The quantitative estimate of drug-likeness (QED) is 0.282. The van der Waals surface area contributed by atoms with E-state index in [1.165, 1.54) is 36.4 Å². The molecule has 1 aliphatic rings. The molecule has 1 heterocycles. The summed E-state index contributed by atoms with van der Waals surface area (Å²) < 4.78 is 38.3. The number of hydrogen-bond donors (Lipinski definition) is 2. The summed E-state index contributed by atoms with van der Waals surface area (Å²) in [5.41, 5.74) is 3.75. The highest BCUT2D eigenvalue weighted by molar-refractivity contribution is 7.92. The van der Waals surface area contributed by atoms with Crippen molar-refractivity contribution in [3.63, 3.8) is 0 Å². The molecule has 3 aromatic rings. The lowest BCUT2D eigenvalue weighted by molar-refractivity contribution is -0.384. The standard InChI is InChI=1S/C21H17ClN4O6S/c1-13(14-2-9-20-21(10-14)32-12-31-20)23-24-18-8-7-17(11-19(18)26(27)28)33(29,30)25-16-5-3-15(22)4-6-16/h2-11,24-25H,12H2,1H3. The maximum absolute atomic E-state index is 12.7. The number of fused-ring (bicyclic) bond motifs is 1. The molecule has 0 spiro atoms. The zero-order valence-corrected chi connectivity index (χ0v) is 18.7. The van der Waals surface area contributed by atoms with Crippen molar-refractivity contribution in [1.29, 1.82) is 0 Å². The summed E-state index contributed by atoms with van der Waals surface area (Å²) in [6.45, 7) is 1.85. The monoisotopic (exact) mass is 488 g/mol. The van der Waals surface area contributed by atoms with Crippen LogP contribution in [0, 0.1) is 10.1 Å². The van der Waals surface area contributed by atoms with Gasteiger partial charge >= 0.3 is 0 Å². The molecule has 0 radical (unpaired) electrons. The van der Waals surface area contributed by atoms with Gasteiger partial charge in [-0.3, -0.25) is 20.3 Å². The van der Waals surface area contributed by atoms with Gasteiger partial charge in [0.2, 0.25) is 6.79 Å². The van der Waals surface area contributed by atoms with Gasteiger partial charge in [0.25, 0.3) is 15.7 Å². The van der Waals surface area contributed by atoms with Crippen LogP contribution in [-0.4, -0.2) is 25.8 Å². The Labute approximate surface area is 194 Å². The Morgan fingerprint density at radius 3 is 2.52 bits per heavy atom. The first-order valence-corrected chi connectivity index (χ1v) is 11.4. The van der Waals surface area contributed by atoms with Crippen molar-refractivity contribution in [2.45, 2.75) is 11.8 Å². The SMILES string of the molecule is CC(=NNc1ccc(S(=O)(=O)Nc2ccc(Cl)cc2)cc1[N+](=O)[O-])c1ccc2c(c1)OCO2. The first-order chi connectivity index (χ1) is 15.7. The normalized spacial score (nSPS) is 13.0. The van der Waals surface area contributed by atoms with Crippen molar-refractivity contribution in [1.82, 2.24) is 0 Å². The van der Waals surface area contributed by atoms with Crippen LogP contribution in [0.25, 0.3) is 0 Å². The van der Waals surface area contributed by atoms with E-state index >= 15 is 0 Å². The van der Waals surface area contributed by atoms with Crippen LogP contribution in [0.4, 0.5) is 17.1 Å². The number of rotatable bonds is 7. The number of ether oxygens (including phenoxy) is 2. The van der Waals surface area contributed by atoms with E-state index in [0.717, 1.165) is 11.6 Å². The van der Waals surface area contributed by atoms with E-state index in [1.807, 2.05) is 0 Å². The Balaban J connectivity index is 1.57. The van der Waals surface area contributed by atoms with Crippen LogP contribution in [0.3, 0.4) is 0 Å². The summed E-state index contributed by atoms with van der Waals surface area (Å²) in [5, 5.41) is 16.2. The van der Waals surface area contributed by atoms with E-state index < -0.39 is 20.6 Å². The Bertz CT molecular complexity index is 1360. The van der Waals surface area contributed by atoms with Gasteiger partial charge in [-0.2, -0.15) is 5.10 Å². The maximum atomic E-state index is 12.7. The van der Waals surface area contributed by atoms with E-state index in [4.69, 9.17) is 21.1 Å². The molecule has 0 aromatic heterocycles. The molecule has 10 nitrogen and oxygen atoms in total. The Morgan fingerprint density at radius 1 is 1.06 bits per heavy atom. The van der Waals surface area contributed by atoms with E-state index in [9.17, 15) is 18.5 Å². The van der Waals surface area contributed by atoms with E-state index in [1.54, 1.807) is 25.1 Å². The Morgan fingerprint density at radius 2 is 1.79 bits per heavy atom. The number of benzene rings is 3. The molecule has 170 valence electrons. The van der Waals surface area contributed by atoms with Gasteiger partial charge in [-0.15, -0.1) is 0 Å². The lowest BCUT2D eigenvalue weighted by Gasteiger charge is -2.10. The Hall–Kier alpha value is -3.83. The van der Waals surface area contributed by atoms with Crippen molar-refractivity contribution in [2.75, 3.05) is 16.9 Å². The van der Waals surface area contributed by atoms with Gasteiger partial charge in [-0.25, -0.2) is 8.42 Å². The minimum Gasteiger partial charge on any atom is -0.454 e. The van der Waals surface area contributed by atoms with Crippen LogP contribution < -0.4 is 19.6 Å². The maximum Gasteiger partial charge on any atom is 0.295 e. The van der Waals surface area contributed by atoms with E-state index in [2.05, 4.69) is 15.2 Å². The molecule has 0 aliphatic carbocycles. The largest absolute Gasteiger partial charge is 0.454 e. The highest BCUT2D eigenvalue weighted by Gasteiger charge is 2.22. The molecule has 0 unspecified atom stereocenters. The van der Waals surface area contributed by atoms with E-state index in [0.29, 0.717) is 22.2 Å². The number of nitrogens with zero attached hydrogens (tertiary/aromatic N) is 2. The fourth-order valence-corrected chi connectivity index (χ4v) is 4.19. The van der Waals surface area contributed by atoms with Crippen LogP contribution in [0.5, 0.6) is 11.5 Å². The first-order valence-electron chi connectivity index (χ1n) is 9.50. The zero-order chi connectivity index (χ0) is 23.6. The van der Waals surface area contributed by atoms with Crippen molar-refractivity contribution >= 4 is 44.4 Å². The molecule has 0 fully saturated rings. The van der Waals surface area contributed by atoms with Gasteiger partial charge in [0.1, 0.15) is 5.69 Å². The minimum absolute atomic E-state index is 0.0329. The van der Waals surface area contributed by atoms with Crippen molar-refractivity contribution in [3.8, 4) is 11.5 Å². The molecule has 1 aliphatic heterocycles. The van der Waals surface area contributed by atoms with Crippen LogP contribution in [0.1, 0.15) is 12.5 Å². The number of nitro groups is 1. The van der Waals surface area contributed by atoms with Crippen molar-refractivity contribution in [3.05, 3.63) is 81.4 Å². The molecular weight excluding hydrogens is 472 g/mol. The molecule has 0 bridgehead atoms. The van der Waals surface area contributed by atoms with Gasteiger partial charge < -0.3 is 9.47 Å². The predicted octanol–water partition coefficient (Wildman–Crippen LogP) is 4.61. The molecule has 33 heavy (non-hydrogen) atoms. The summed E-state index contributed by atoms with van der Waals surface area (Å²) in [5.74, 6) is 1.20. The third-order valence-corrected chi connectivity index (χ3v) is 6.34. The van der Waals surface area contributed by atoms with Crippen molar-refractivity contribution in [2.24, 2.45) is 5.10 Å². The lowest BCUT2D eigenvalue weighted by atomic mass is 10.1. The molecule has 4 rings (SSSR count). The lowest BCUT2D eigenvalue weighted by Crippen LogP contribution is -2.13. The number of hydrazone groups is 1. The molecule has 0 atom stereocenters. The number of halogens is 1. The molecule has 3 aromatic carbocycles. The summed E-state index contributed by atoms with van der Waals surface area (Å²) in [6.07, 6.45) is 0. The van der Waals surface area contributed by atoms with Gasteiger partial charge in [0, 0.05) is 22.3 Å². The molecule has 0 amide bonds. The summed E-state index contributed by atoms with van der Waals surface area (Å²) >= 11 is 5.81. The second-order valence-corrected chi connectivity index (χ2v) is 9.04. The summed E-state index contributed by atoms with van der Waals surface area (Å²) in [4.78, 5) is 10.6. The minimum atomic E-state index is -4.07. The number of hydrogen-bond acceptors (Lipinski definition) is 8. The molecule has 12 heteroatoms. The van der Waals surface area contributed by atoms with Crippen LogP contribution in [-0.2, 0) is 10.0 Å². The van der Waals surface area contributed by atoms with Crippen LogP contribution in [0.2, 0.25) is 5.02 Å². The van der Waals surface area contributed by atoms with E-state index in [-0.39, 0.29) is 23.1 Å². The third-order valence-electron chi connectivity index (χ3n) is 4.71. The van der Waals surface area contributed by atoms with Gasteiger partial charge in [-0.05, 0) is 61.5 Å². The molecule has 0 saturated heterocycles. The number of nitrogens with one attached hydrogen (secondary N) is 2. The zero-order valence-electron chi connectivity index (χ0n) is 17.1. The third kappa shape index (κ3) is 4.99. The fourth-order valence-electron chi connectivity index (χ4n) is 2.99. The summed E-state index contributed by atoms with van der Waals surface area (Å²) in [6, 6.07) is 14.8. The predicted molar refractivity (Wildman–Crippen MR) is 124 cm³/mol. The van der Waals surface area contributed by atoms with Gasteiger partial charge in [0.15, 0.2) is 11.5 Å². The van der Waals surface area contributed by atoms with Crippen LogP contribution in [0.15, 0.2) is 70.7 Å².